The molecule has 0 fully saturated rings. The van der Waals surface area contributed by atoms with E-state index in [1.54, 1.807) is 11.7 Å². The van der Waals surface area contributed by atoms with Crippen LogP contribution in [0.2, 0.25) is 0 Å². The molecule has 1 N–H and O–H groups in total. The smallest absolute Gasteiger partial charge is 0.311 e. The topological polar surface area (TPSA) is 50.2 Å². The van der Waals surface area contributed by atoms with Gasteiger partial charge in [0.25, 0.3) is 0 Å². The van der Waals surface area contributed by atoms with Crippen molar-refractivity contribution in [3.8, 4) is 0 Å². The Bertz CT molecular complexity index is 491. The highest BCUT2D eigenvalue weighted by molar-refractivity contribution is 7.09. The highest BCUT2D eigenvalue weighted by Crippen LogP contribution is 2.23. The third-order valence-corrected chi connectivity index (χ3v) is 3.47. The monoisotopic (exact) mass is 247 g/mol. The molecule has 0 amide bonds. The quantitative estimate of drug-likeness (QED) is 0.903. The molecule has 1 aromatic carbocycles. The summed E-state index contributed by atoms with van der Waals surface area (Å²) in [5.41, 5.74) is 3.70. The predicted molar refractivity (Wildman–Crippen MR) is 67.4 cm³/mol. The number of carboxylic acid groups (broad SMARTS) is 1. The fourth-order valence-electron chi connectivity index (χ4n) is 1.69. The Morgan fingerprint density at radius 2 is 2.12 bits per heavy atom. The fraction of sp³-hybridized carbons (Fsp3) is 0.231. The zero-order valence-corrected chi connectivity index (χ0v) is 10.3. The van der Waals surface area contributed by atoms with Gasteiger partial charge in [-0.25, -0.2) is 0 Å². The first kappa shape index (κ1) is 11.8. The van der Waals surface area contributed by atoms with Crippen LogP contribution < -0.4 is 0 Å². The van der Waals surface area contributed by atoms with E-state index in [1.807, 2.05) is 31.2 Å². The largest absolute Gasteiger partial charge is 0.481 e. The molecule has 0 aliphatic carbocycles. The van der Waals surface area contributed by atoms with Crippen LogP contribution in [0.25, 0.3) is 0 Å². The van der Waals surface area contributed by atoms with E-state index in [0.29, 0.717) is 6.42 Å². The third-order valence-electron chi connectivity index (χ3n) is 2.67. The van der Waals surface area contributed by atoms with Gasteiger partial charge in [-0.2, -0.15) is 0 Å². The maximum Gasteiger partial charge on any atom is 0.311 e. The zero-order chi connectivity index (χ0) is 12.3. The standard InChI is InChI=1S/C13H13NO2S/c1-9-2-4-10(5-3-9)12(13(15)16)6-11-7-14-8-17-11/h2-5,7-8,12H,6H2,1H3,(H,15,16). The minimum absolute atomic E-state index is 0.490. The number of benzene rings is 1. The Labute approximate surface area is 104 Å². The number of carboxylic acids is 1. The summed E-state index contributed by atoms with van der Waals surface area (Å²) in [7, 11) is 0. The van der Waals surface area contributed by atoms with Crippen LogP contribution in [0.3, 0.4) is 0 Å². The molecule has 0 radical (unpaired) electrons. The van der Waals surface area contributed by atoms with Crippen LogP contribution in [0.15, 0.2) is 36.0 Å². The number of thiazole rings is 1. The Hall–Kier alpha value is -1.68. The van der Waals surface area contributed by atoms with Crippen molar-refractivity contribution in [1.82, 2.24) is 4.98 Å². The first-order valence-electron chi connectivity index (χ1n) is 5.33. The lowest BCUT2D eigenvalue weighted by molar-refractivity contribution is -0.138. The van der Waals surface area contributed by atoms with Gasteiger partial charge in [-0.05, 0) is 12.5 Å². The van der Waals surface area contributed by atoms with Crippen LogP contribution in [-0.4, -0.2) is 16.1 Å². The van der Waals surface area contributed by atoms with Gasteiger partial charge in [0.15, 0.2) is 0 Å². The average molecular weight is 247 g/mol. The van der Waals surface area contributed by atoms with E-state index in [1.165, 1.54) is 11.3 Å². The zero-order valence-electron chi connectivity index (χ0n) is 9.46. The number of hydrogen-bond acceptors (Lipinski definition) is 3. The summed E-state index contributed by atoms with van der Waals surface area (Å²) in [6, 6.07) is 7.65. The predicted octanol–water partition coefficient (Wildman–Crippen LogP) is 2.86. The molecule has 4 heteroatoms. The summed E-state index contributed by atoms with van der Waals surface area (Å²) in [4.78, 5) is 16.3. The molecule has 1 unspecified atom stereocenters. The molecule has 88 valence electrons. The van der Waals surface area contributed by atoms with Gasteiger partial charge in [0, 0.05) is 17.5 Å². The van der Waals surface area contributed by atoms with E-state index >= 15 is 0 Å². The van der Waals surface area contributed by atoms with Crippen molar-refractivity contribution < 1.29 is 9.90 Å². The molecule has 0 aliphatic heterocycles. The van der Waals surface area contributed by atoms with Crippen molar-refractivity contribution in [2.75, 3.05) is 0 Å². The summed E-state index contributed by atoms with van der Waals surface area (Å²) in [5.74, 6) is -1.28. The van der Waals surface area contributed by atoms with Gasteiger partial charge >= 0.3 is 5.97 Å². The second-order valence-corrected chi connectivity index (χ2v) is 4.94. The van der Waals surface area contributed by atoms with Crippen LogP contribution in [0.5, 0.6) is 0 Å². The van der Waals surface area contributed by atoms with Crippen molar-refractivity contribution in [3.05, 3.63) is 52.0 Å². The number of carbonyl (C=O) groups is 1. The number of nitrogens with zero attached hydrogens (tertiary/aromatic N) is 1. The normalized spacial score (nSPS) is 12.3. The number of rotatable bonds is 4. The average Bonchev–Trinajstić information content (AvgIpc) is 2.80. The summed E-state index contributed by atoms with van der Waals surface area (Å²) in [5, 5.41) is 9.28. The molecule has 2 aromatic rings. The van der Waals surface area contributed by atoms with Crippen molar-refractivity contribution in [2.45, 2.75) is 19.3 Å². The lowest BCUT2D eigenvalue weighted by Crippen LogP contribution is -2.13. The summed E-state index contributed by atoms with van der Waals surface area (Å²) in [6.45, 7) is 1.99. The van der Waals surface area contributed by atoms with Gasteiger partial charge in [-0.1, -0.05) is 29.8 Å². The molecule has 0 bridgehead atoms. The first-order chi connectivity index (χ1) is 8.16. The fourth-order valence-corrected chi connectivity index (χ4v) is 2.33. The molecule has 1 heterocycles. The van der Waals surface area contributed by atoms with Gasteiger partial charge in [0.1, 0.15) is 0 Å². The first-order valence-corrected chi connectivity index (χ1v) is 6.21. The Morgan fingerprint density at radius 1 is 1.41 bits per heavy atom. The third kappa shape index (κ3) is 2.91. The molecule has 0 saturated carbocycles. The Kier molecular flexibility index (Phi) is 3.54. The maximum absolute atomic E-state index is 11.3. The van der Waals surface area contributed by atoms with Crippen LogP contribution in [0, 0.1) is 6.92 Å². The van der Waals surface area contributed by atoms with Gasteiger partial charge in [0.2, 0.25) is 0 Å². The van der Waals surface area contributed by atoms with Crippen LogP contribution in [-0.2, 0) is 11.2 Å². The maximum atomic E-state index is 11.3. The SMILES string of the molecule is Cc1ccc(C(Cc2cncs2)C(=O)O)cc1. The number of aliphatic carboxylic acids is 1. The molecule has 0 spiro atoms. The van der Waals surface area contributed by atoms with Crippen molar-refractivity contribution in [3.63, 3.8) is 0 Å². The van der Waals surface area contributed by atoms with Crippen molar-refractivity contribution in [2.24, 2.45) is 0 Å². The minimum atomic E-state index is -0.790. The van der Waals surface area contributed by atoms with Crippen LogP contribution in [0.4, 0.5) is 0 Å². The molecular weight excluding hydrogens is 234 g/mol. The van der Waals surface area contributed by atoms with Crippen molar-refractivity contribution in [1.29, 1.82) is 0 Å². The van der Waals surface area contributed by atoms with E-state index in [4.69, 9.17) is 0 Å². The van der Waals surface area contributed by atoms with Crippen LogP contribution in [0.1, 0.15) is 21.9 Å². The number of hydrogen-bond donors (Lipinski definition) is 1. The number of aromatic nitrogens is 1. The molecule has 0 aliphatic rings. The summed E-state index contributed by atoms with van der Waals surface area (Å²) >= 11 is 1.49. The van der Waals surface area contributed by atoms with E-state index in [9.17, 15) is 9.90 Å². The highest BCUT2D eigenvalue weighted by Gasteiger charge is 2.20. The number of aryl methyl sites for hydroxylation is 1. The van der Waals surface area contributed by atoms with Crippen molar-refractivity contribution >= 4 is 17.3 Å². The second-order valence-electron chi connectivity index (χ2n) is 3.97. The van der Waals surface area contributed by atoms with E-state index in [-0.39, 0.29) is 0 Å². The van der Waals surface area contributed by atoms with E-state index in [2.05, 4.69) is 4.98 Å². The highest BCUT2D eigenvalue weighted by atomic mass is 32.1. The van der Waals surface area contributed by atoms with E-state index in [0.717, 1.165) is 16.0 Å². The molecule has 17 heavy (non-hydrogen) atoms. The minimum Gasteiger partial charge on any atom is -0.481 e. The molecule has 1 aromatic heterocycles. The molecule has 1 atom stereocenters. The lowest BCUT2D eigenvalue weighted by atomic mass is 9.95. The lowest BCUT2D eigenvalue weighted by Gasteiger charge is -2.11. The molecule has 0 saturated heterocycles. The van der Waals surface area contributed by atoms with Gasteiger partial charge < -0.3 is 5.11 Å². The van der Waals surface area contributed by atoms with Crippen LogP contribution >= 0.6 is 11.3 Å². The summed E-state index contributed by atoms with van der Waals surface area (Å²) in [6.07, 6.45) is 2.23. The Morgan fingerprint density at radius 3 is 2.65 bits per heavy atom. The molecule has 3 nitrogen and oxygen atoms in total. The van der Waals surface area contributed by atoms with Gasteiger partial charge in [-0.15, -0.1) is 11.3 Å². The van der Waals surface area contributed by atoms with Gasteiger partial charge in [0.05, 0.1) is 11.4 Å². The molecular formula is C13H13NO2S. The van der Waals surface area contributed by atoms with E-state index < -0.39 is 11.9 Å². The molecule has 2 rings (SSSR count). The second kappa shape index (κ2) is 5.10. The summed E-state index contributed by atoms with van der Waals surface area (Å²) < 4.78 is 0. The Balaban J connectivity index is 2.23. The van der Waals surface area contributed by atoms with Gasteiger partial charge in [-0.3, -0.25) is 9.78 Å².